The second-order valence-electron chi connectivity index (χ2n) is 9.87. The van der Waals surface area contributed by atoms with Crippen LogP contribution in [0.25, 0.3) is 28.3 Å². The highest BCUT2D eigenvalue weighted by molar-refractivity contribution is 6.12. The van der Waals surface area contributed by atoms with Gasteiger partial charge < -0.3 is 9.47 Å². The number of rotatable bonds is 3. The number of urea groups is 1. The molecular weight excluding hydrogens is 466 g/mol. The van der Waals surface area contributed by atoms with E-state index in [9.17, 15) is 9.59 Å². The van der Waals surface area contributed by atoms with Gasteiger partial charge in [0.05, 0.1) is 29.1 Å². The molecule has 5 heterocycles. The van der Waals surface area contributed by atoms with E-state index in [1.54, 1.807) is 11.1 Å². The molecular formula is C28H23N7O2. The van der Waals surface area contributed by atoms with Crippen LogP contribution < -0.4 is 4.90 Å². The average molecular weight is 490 g/mol. The third-order valence-corrected chi connectivity index (χ3v) is 7.50. The van der Waals surface area contributed by atoms with Gasteiger partial charge in [-0.1, -0.05) is 12.1 Å². The first-order valence-electron chi connectivity index (χ1n) is 12.2. The Labute approximate surface area is 213 Å². The number of imide groups is 1. The van der Waals surface area contributed by atoms with Crippen LogP contribution in [0.2, 0.25) is 0 Å². The van der Waals surface area contributed by atoms with E-state index in [1.807, 2.05) is 55.7 Å². The van der Waals surface area contributed by atoms with Crippen LogP contribution in [-0.2, 0) is 11.3 Å². The lowest BCUT2D eigenvalue weighted by Crippen LogP contribution is -2.59. The van der Waals surface area contributed by atoms with E-state index < -0.39 is 0 Å². The van der Waals surface area contributed by atoms with E-state index in [0.717, 1.165) is 52.7 Å². The minimum absolute atomic E-state index is 0.0487. The van der Waals surface area contributed by atoms with Gasteiger partial charge in [-0.25, -0.2) is 9.78 Å². The third-order valence-electron chi connectivity index (χ3n) is 7.50. The molecule has 3 amide bonds. The molecule has 0 N–H and O–H groups in total. The Balaban J connectivity index is 1.26. The first-order chi connectivity index (χ1) is 18.0. The van der Waals surface area contributed by atoms with Crippen molar-refractivity contribution in [3.8, 4) is 34.4 Å². The Morgan fingerprint density at radius 2 is 1.81 bits per heavy atom. The Bertz CT molecular complexity index is 1620. The van der Waals surface area contributed by atoms with E-state index in [-0.39, 0.29) is 24.5 Å². The van der Waals surface area contributed by atoms with Crippen molar-refractivity contribution in [1.29, 1.82) is 5.26 Å². The van der Waals surface area contributed by atoms with Crippen LogP contribution in [0, 0.1) is 11.3 Å². The molecule has 3 aliphatic rings. The molecule has 182 valence electrons. The average Bonchev–Trinajstić information content (AvgIpc) is 3.58. The van der Waals surface area contributed by atoms with Gasteiger partial charge in [0.2, 0.25) is 0 Å². The number of hydrogen-bond donors (Lipinski definition) is 0. The number of likely N-dealkylation sites (tertiary alicyclic amines) is 1. The summed E-state index contributed by atoms with van der Waals surface area (Å²) in [7, 11) is 1.98. The number of nitrogens with zero attached hydrogens (tertiary/aromatic N) is 7. The number of carbonyl (C=O) groups excluding carboxylic acids is 2. The minimum Gasteiger partial charge on any atom is -0.340 e. The number of likely N-dealkylation sites (N-methyl/N-ethyl adjacent to an activating group) is 1. The lowest BCUT2D eigenvalue weighted by atomic mass is 10.1. The van der Waals surface area contributed by atoms with Gasteiger partial charge >= 0.3 is 6.03 Å². The van der Waals surface area contributed by atoms with Crippen molar-refractivity contribution in [2.75, 3.05) is 31.6 Å². The van der Waals surface area contributed by atoms with E-state index >= 15 is 0 Å². The van der Waals surface area contributed by atoms with Gasteiger partial charge in [-0.2, -0.15) is 5.26 Å². The van der Waals surface area contributed by atoms with Crippen molar-refractivity contribution < 1.29 is 9.59 Å². The van der Waals surface area contributed by atoms with Crippen LogP contribution in [0.1, 0.15) is 11.1 Å². The molecule has 2 saturated heterocycles. The molecule has 3 aliphatic heterocycles. The summed E-state index contributed by atoms with van der Waals surface area (Å²) in [6.45, 7) is 2.09. The number of carbonyl (C=O) groups is 2. The lowest BCUT2D eigenvalue weighted by molar-refractivity contribution is -0.128. The zero-order valence-electron chi connectivity index (χ0n) is 20.2. The van der Waals surface area contributed by atoms with Crippen molar-refractivity contribution in [2.45, 2.75) is 12.6 Å². The van der Waals surface area contributed by atoms with Crippen LogP contribution >= 0.6 is 0 Å². The molecule has 2 fully saturated rings. The van der Waals surface area contributed by atoms with Crippen molar-refractivity contribution >= 4 is 17.6 Å². The molecule has 2 aromatic heterocycles. The van der Waals surface area contributed by atoms with Gasteiger partial charge in [0, 0.05) is 49.5 Å². The maximum atomic E-state index is 13.2. The molecule has 0 unspecified atom stereocenters. The standard InChI is InChI=1S/C28H23N7O2/c1-31-15-23(16-31)35-26(36)17-34(28(35)37)22-6-7-24-21(10-22)14-32-13-20(19-4-2-18(12-29)3-5-19)11-25(32)27-30-8-9-33(24)27/h2-11,13,23H,14-17H2,1H3. The minimum atomic E-state index is -0.246. The maximum absolute atomic E-state index is 13.2. The molecule has 0 atom stereocenters. The predicted octanol–water partition coefficient (Wildman–Crippen LogP) is 3.32. The fourth-order valence-corrected chi connectivity index (χ4v) is 5.60. The predicted molar refractivity (Wildman–Crippen MR) is 137 cm³/mol. The third kappa shape index (κ3) is 3.30. The molecule has 0 bridgehead atoms. The van der Waals surface area contributed by atoms with Gasteiger partial charge in [0.1, 0.15) is 6.54 Å². The number of nitriles is 1. The van der Waals surface area contributed by atoms with Crippen molar-refractivity contribution in [3.05, 3.63) is 78.2 Å². The van der Waals surface area contributed by atoms with Crippen LogP contribution in [-0.4, -0.2) is 68.6 Å². The van der Waals surface area contributed by atoms with E-state index in [4.69, 9.17) is 5.26 Å². The summed E-state index contributed by atoms with van der Waals surface area (Å²) in [6, 6.07) is 17.4. The summed E-state index contributed by atoms with van der Waals surface area (Å²) in [6.07, 6.45) is 5.82. The Kier molecular flexibility index (Phi) is 4.62. The van der Waals surface area contributed by atoms with E-state index in [1.165, 1.54) is 4.90 Å². The monoisotopic (exact) mass is 489 g/mol. The molecule has 37 heavy (non-hydrogen) atoms. The number of aromatic nitrogens is 3. The molecule has 9 nitrogen and oxygen atoms in total. The zero-order chi connectivity index (χ0) is 25.3. The molecule has 2 aromatic carbocycles. The summed E-state index contributed by atoms with van der Waals surface area (Å²) in [5.74, 6) is 0.689. The fourth-order valence-electron chi connectivity index (χ4n) is 5.60. The van der Waals surface area contributed by atoms with Gasteiger partial charge in [0.25, 0.3) is 5.91 Å². The molecule has 9 heteroatoms. The summed E-state index contributed by atoms with van der Waals surface area (Å²) in [5.41, 5.74) is 6.41. The molecule has 7 rings (SSSR count). The SMILES string of the molecule is CN1CC(N2C(=O)CN(c3ccc4c(c3)Cn3cc(-c5ccc(C#N)cc5)cc3-c3nccn3-4)C2=O)C1. The maximum Gasteiger partial charge on any atom is 0.332 e. The second kappa shape index (κ2) is 7.91. The molecule has 0 radical (unpaired) electrons. The smallest absolute Gasteiger partial charge is 0.332 e. The first-order valence-corrected chi connectivity index (χ1v) is 12.2. The van der Waals surface area contributed by atoms with Crippen LogP contribution in [0.4, 0.5) is 10.5 Å². The Morgan fingerprint density at radius 1 is 1.00 bits per heavy atom. The highest BCUT2D eigenvalue weighted by Gasteiger charge is 2.44. The van der Waals surface area contributed by atoms with Crippen LogP contribution in [0.5, 0.6) is 0 Å². The molecule has 4 aromatic rings. The van der Waals surface area contributed by atoms with Crippen LogP contribution in [0.3, 0.4) is 0 Å². The Morgan fingerprint density at radius 3 is 2.57 bits per heavy atom. The van der Waals surface area contributed by atoms with E-state index in [0.29, 0.717) is 12.1 Å². The number of anilines is 1. The van der Waals surface area contributed by atoms with Gasteiger partial charge in [-0.3, -0.25) is 19.2 Å². The van der Waals surface area contributed by atoms with E-state index in [2.05, 4.69) is 37.4 Å². The summed E-state index contributed by atoms with van der Waals surface area (Å²) < 4.78 is 4.23. The highest BCUT2D eigenvalue weighted by Crippen LogP contribution is 2.36. The Hall–Kier alpha value is -4.68. The number of hydrogen-bond acceptors (Lipinski definition) is 5. The van der Waals surface area contributed by atoms with Crippen molar-refractivity contribution in [1.82, 2.24) is 23.9 Å². The number of amides is 3. The molecule has 0 aliphatic carbocycles. The summed E-state index contributed by atoms with van der Waals surface area (Å²) in [5, 5.41) is 9.13. The second-order valence-corrected chi connectivity index (χ2v) is 9.87. The first kappa shape index (κ1) is 21.6. The number of fused-ring (bicyclic) bond motifs is 5. The quantitative estimate of drug-likeness (QED) is 0.363. The summed E-state index contributed by atoms with van der Waals surface area (Å²) in [4.78, 5) is 35.7. The van der Waals surface area contributed by atoms with Gasteiger partial charge in [-0.15, -0.1) is 0 Å². The lowest BCUT2D eigenvalue weighted by Gasteiger charge is -2.40. The molecule has 0 saturated carbocycles. The summed E-state index contributed by atoms with van der Waals surface area (Å²) >= 11 is 0. The fraction of sp³-hybridized carbons (Fsp3) is 0.214. The van der Waals surface area contributed by atoms with Crippen LogP contribution in [0.15, 0.2) is 67.1 Å². The normalized spacial score (nSPS) is 17.2. The largest absolute Gasteiger partial charge is 0.340 e. The van der Waals surface area contributed by atoms with Crippen molar-refractivity contribution in [2.24, 2.45) is 0 Å². The number of imidazole rings is 1. The van der Waals surface area contributed by atoms with Gasteiger partial charge in [0.15, 0.2) is 5.82 Å². The topological polar surface area (TPSA) is 90.4 Å². The number of benzene rings is 2. The van der Waals surface area contributed by atoms with Crippen molar-refractivity contribution in [3.63, 3.8) is 0 Å². The highest BCUT2D eigenvalue weighted by atomic mass is 16.2. The zero-order valence-corrected chi connectivity index (χ0v) is 20.2. The molecule has 0 spiro atoms. The van der Waals surface area contributed by atoms with Gasteiger partial charge in [-0.05, 0) is 54.6 Å².